The van der Waals surface area contributed by atoms with Crippen LogP contribution in [0.2, 0.25) is 0 Å². The van der Waals surface area contributed by atoms with Crippen LogP contribution in [-0.4, -0.2) is 57.7 Å². The van der Waals surface area contributed by atoms with Gasteiger partial charge < -0.3 is 10.8 Å². The molecule has 2 aliphatic rings. The van der Waals surface area contributed by atoms with Crippen molar-refractivity contribution >= 4 is 45.4 Å². The second kappa shape index (κ2) is 9.84. The summed E-state index contributed by atoms with van der Waals surface area (Å²) in [6, 6.07) is 10.5. The summed E-state index contributed by atoms with van der Waals surface area (Å²) < 4.78 is 35.2. The molecule has 11 nitrogen and oxygen atoms in total. The van der Waals surface area contributed by atoms with Crippen molar-refractivity contribution in [2.24, 2.45) is 11.7 Å². The molecular weight excluding hydrogens is 510 g/mol. The molecule has 0 bridgehead atoms. The van der Waals surface area contributed by atoms with Gasteiger partial charge in [-0.25, -0.2) is 9.36 Å². The van der Waals surface area contributed by atoms with Gasteiger partial charge in [-0.2, -0.15) is 8.42 Å². The van der Waals surface area contributed by atoms with Crippen LogP contribution in [-0.2, 0) is 31.0 Å². The second-order valence-corrected chi connectivity index (χ2v) is 11.0. The third kappa shape index (κ3) is 4.90. The summed E-state index contributed by atoms with van der Waals surface area (Å²) in [5.41, 5.74) is 5.88. The van der Waals surface area contributed by atoms with E-state index in [4.69, 9.17) is 5.73 Å². The number of carboxylic acids is 1. The largest absolute Gasteiger partial charge is 0.477 e. The number of benzene rings is 1. The highest BCUT2D eigenvalue weighted by Crippen LogP contribution is 2.46. The number of nitrogens with two attached hydrogens (primary N) is 1. The molecule has 4 N–H and O–H groups in total. The van der Waals surface area contributed by atoms with E-state index < -0.39 is 56.6 Å². The van der Waals surface area contributed by atoms with Gasteiger partial charge in [-0.3, -0.25) is 23.8 Å². The number of thioether (sulfide) groups is 1. The molecule has 0 saturated carbocycles. The lowest BCUT2D eigenvalue weighted by Crippen LogP contribution is -2.62. The summed E-state index contributed by atoms with van der Waals surface area (Å²) in [6.45, 7) is 0.145. The van der Waals surface area contributed by atoms with E-state index in [1.165, 1.54) is 48.2 Å². The number of amides is 2. The molecule has 13 heteroatoms. The normalized spacial score (nSPS) is 20.4. The summed E-state index contributed by atoms with van der Waals surface area (Å²) >= 11 is 1.27. The molecule has 2 aliphatic heterocycles. The van der Waals surface area contributed by atoms with Gasteiger partial charge in [0.05, 0.1) is 16.9 Å². The van der Waals surface area contributed by atoms with Crippen molar-refractivity contribution in [3.8, 4) is 0 Å². The summed E-state index contributed by atoms with van der Waals surface area (Å²) in [7, 11) is -4.79. The Balaban J connectivity index is 1.54. The number of β-lactam (4-membered cyclic amide) rings is 1. The van der Waals surface area contributed by atoms with Gasteiger partial charge >= 0.3 is 5.97 Å². The maximum atomic E-state index is 13.0. The monoisotopic (exact) mass is 532 g/mol. The summed E-state index contributed by atoms with van der Waals surface area (Å²) in [5.74, 6) is -4.02. The van der Waals surface area contributed by atoms with Crippen LogP contribution >= 0.6 is 11.8 Å². The van der Waals surface area contributed by atoms with E-state index in [0.717, 1.165) is 4.90 Å². The van der Waals surface area contributed by atoms with Crippen molar-refractivity contribution in [3.63, 3.8) is 0 Å². The van der Waals surface area contributed by atoms with Crippen molar-refractivity contribution < 1.29 is 41.8 Å². The van der Waals surface area contributed by atoms with E-state index in [1.54, 1.807) is 23.0 Å². The number of aromatic nitrogens is 1. The SMILES string of the molecule is NC(=O)c1cc[n+](CC2=C(C(=O)O)N3C(=O)[C@@H](CC(=O)[C@@H](c4ccccc4)S(=O)(=O)O)[C@H]3SC2)cc1. The van der Waals surface area contributed by atoms with Gasteiger partial charge in [0.1, 0.15) is 5.70 Å². The highest BCUT2D eigenvalue weighted by atomic mass is 32.2. The van der Waals surface area contributed by atoms with Crippen molar-refractivity contribution in [1.29, 1.82) is 0 Å². The highest BCUT2D eigenvalue weighted by Gasteiger charge is 2.55. The Bertz CT molecular complexity index is 1370. The Kier molecular flexibility index (Phi) is 6.98. The van der Waals surface area contributed by atoms with Crippen LogP contribution in [0.1, 0.15) is 27.6 Å². The minimum atomic E-state index is -4.79. The number of hydrogen-bond donors (Lipinski definition) is 3. The van der Waals surface area contributed by atoms with Gasteiger partial charge in [0.2, 0.25) is 11.8 Å². The van der Waals surface area contributed by atoms with Crippen molar-refractivity contribution in [2.75, 3.05) is 5.75 Å². The number of pyridine rings is 1. The first kappa shape index (κ1) is 25.5. The molecule has 3 heterocycles. The molecule has 2 amide bonds. The van der Waals surface area contributed by atoms with Crippen molar-refractivity contribution in [1.82, 2.24) is 4.90 Å². The van der Waals surface area contributed by atoms with Gasteiger partial charge in [0.25, 0.3) is 10.1 Å². The maximum Gasteiger partial charge on any atom is 0.352 e. The first-order valence-electron chi connectivity index (χ1n) is 10.7. The van der Waals surface area contributed by atoms with Crippen LogP contribution in [0.4, 0.5) is 0 Å². The number of hydrogen-bond acceptors (Lipinski definition) is 7. The zero-order valence-corrected chi connectivity index (χ0v) is 20.3. The average Bonchev–Trinajstić information content (AvgIpc) is 2.82. The number of carboxylic acid groups (broad SMARTS) is 1. The Morgan fingerprint density at radius 2 is 1.78 bits per heavy atom. The van der Waals surface area contributed by atoms with Crippen LogP contribution in [0.5, 0.6) is 0 Å². The lowest BCUT2D eigenvalue weighted by Gasteiger charge is -2.49. The molecule has 0 radical (unpaired) electrons. The quantitative estimate of drug-likeness (QED) is 0.236. The number of aliphatic carboxylic acids is 1. The van der Waals surface area contributed by atoms with Crippen LogP contribution in [0.15, 0.2) is 66.1 Å². The van der Waals surface area contributed by atoms with Crippen LogP contribution < -0.4 is 10.3 Å². The van der Waals surface area contributed by atoms with Gasteiger partial charge in [0.15, 0.2) is 30.0 Å². The first-order chi connectivity index (χ1) is 17.0. The van der Waals surface area contributed by atoms with Gasteiger partial charge in [-0.15, -0.1) is 11.8 Å². The van der Waals surface area contributed by atoms with E-state index >= 15 is 0 Å². The average molecular weight is 533 g/mol. The van der Waals surface area contributed by atoms with Gasteiger partial charge in [0, 0.05) is 29.9 Å². The number of carbonyl (C=O) groups excluding carboxylic acids is 3. The molecule has 188 valence electrons. The lowest BCUT2D eigenvalue weighted by atomic mass is 9.89. The molecule has 0 spiro atoms. The number of rotatable bonds is 9. The molecular formula is C23H22N3O8S2+. The number of Topliss-reactive ketones (excluding diaryl/α,β-unsaturated/α-hetero) is 1. The van der Waals surface area contributed by atoms with Crippen molar-refractivity contribution in [3.05, 3.63) is 77.3 Å². The fourth-order valence-electron chi connectivity index (χ4n) is 4.36. The number of nitrogens with zero attached hydrogens (tertiary/aromatic N) is 2. The van der Waals surface area contributed by atoms with Crippen molar-refractivity contribution in [2.45, 2.75) is 23.6 Å². The predicted molar refractivity (Wildman–Crippen MR) is 127 cm³/mol. The minimum Gasteiger partial charge on any atom is -0.477 e. The summed E-state index contributed by atoms with van der Waals surface area (Å²) in [4.78, 5) is 50.3. The molecule has 1 aromatic carbocycles. The van der Waals surface area contributed by atoms with E-state index in [9.17, 15) is 37.3 Å². The van der Waals surface area contributed by atoms with Crippen LogP contribution in [0.3, 0.4) is 0 Å². The molecule has 2 aromatic rings. The van der Waals surface area contributed by atoms with E-state index in [-0.39, 0.29) is 23.6 Å². The molecule has 0 aliphatic carbocycles. The molecule has 0 unspecified atom stereocenters. The molecule has 4 rings (SSSR count). The molecule has 1 aromatic heterocycles. The lowest BCUT2D eigenvalue weighted by molar-refractivity contribution is -0.689. The van der Waals surface area contributed by atoms with Crippen LogP contribution in [0, 0.1) is 5.92 Å². The van der Waals surface area contributed by atoms with E-state index in [0.29, 0.717) is 11.1 Å². The van der Waals surface area contributed by atoms with E-state index in [1.807, 2.05) is 0 Å². The predicted octanol–water partition coefficient (Wildman–Crippen LogP) is 0.531. The zero-order valence-electron chi connectivity index (χ0n) is 18.7. The van der Waals surface area contributed by atoms with E-state index in [2.05, 4.69) is 0 Å². The Morgan fingerprint density at radius 1 is 1.14 bits per heavy atom. The summed E-state index contributed by atoms with van der Waals surface area (Å²) in [5, 5.41) is 7.35. The van der Waals surface area contributed by atoms with Crippen LogP contribution in [0.25, 0.3) is 0 Å². The Labute approximate surface area is 210 Å². The molecule has 3 atom stereocenters. The fraction of sp³-hybridized carbons (Fsp3) is 0.261. The second-order valence-electron chi connectivity index (χ2n) is 8.37. The standard InChI is InChI=1S/C23H21N3O8S2/c24-20(28)14-6-8-25(9-7-14)11-15-12-35-22-16(21(29)26(22)18(15)23(30)31)10-17(27)19(36(32,33)34)13-4-2-1-3-5-13/h1-9,16,19,22H,10-12H2,(H3-,24,28,30,31,32,33,34)/p+1/t16-,19-,22-/m1/s1. The van der Waals surface area contributed by atoms with Gasteiger partial charge in [-0.1, -0.05) is 30.3 Å². The Morgan fingerprint density at radius 3 is 2.33 bits per heavy atom. The fourth-order valence-corrected chi connectivity index (χ4v) is 6.70. The molecule has 36 heavy (non-hydrogen) atoms. The minimum absolute atomic E-state index is 0.0812. The molecule has 1 saturated heterocycles. The number of primary amides is 1. The third-order valence-corrected chi connectivity index (χ3v) is 8.55. The Hall–Kier alpha value is -3.55. The molecule has 1 fully saturated rings. The number of fused-ring (bicyclic) bond motifs is 1. The third-order valence-electron chi connectivity index (χ3n) is 6.02. The van der Waals surface area contributed by atoms with Gasteiger partial charge in [-0.05, 0) is 5.56 Å². The zero-order chi connectivity index (χ0) is 26.2. The first-order valence-corrected chi connectivity index (χ1v) is 13.3. The number of ketones is 1. The highest BCUT2D eigenvalue weighted by molar-refractivity contribution is 8.00. The maximum absolute atomic E-state index is 13.0. The summed E-state index contributed by atoms with van der Waals surface area (Å²) in [6.07, 6.45) is 2.68. The topological polar surface area (TPSA) is 176 Å². The smallest absolute Gasteiger partial charge is 0.352 e. The number of carbonyl (C=O) groups is 4.